The number of methoxy groups -OCH3 is 2. The molecule has 6 heteroatoms. The third kappa shape index (κ3) is 3.00. The van der Waals surface area contributed by atoms with Crippen molar-refractivity contribution in [1.82, 2.24) is 9.66 Å². The molecule has 25 heavy (non-hydrogen) atoms. The van der Waals surface area contributed by atoms with E-state index in [1.165, 1.54) is 0 Å². The van der Waals surface area contributed by atoms with Crippen molar-refractivity contribution in [1.29, 1.82) is 0 Å². The van der Waals surface area contributed by atoms with E-state index in [9.17, 15) is 0 Å². The molecule has 126 valence electrons. The summed E-state index contributed by atoms with van der Waals surface area (Å²) in [5, 5.41) is 5.65. The highest BCUT2D eigenvalue weighted by molar-refractivity contribution is 7.99. The highest BCUT2D eigenvalue weighted by Gasteiger charge is 2.18. The quantitative estimate of drug-likeness (QED) is 0.715. The zero-order chi connectivity index (χ0) is 17.2. The number of imidazole rings is 1. The Morgan fingerprint density at radius 3 is 2.52 bits per heavy atom. The standard InChI is InChI=1S/C19H17N3O2S/c1-23-17-9-8-14(10-18(17)24-2)16-12-25-19-20-15(11-22(19)21-16)13-6-4-3-5-7-13/h3-11H,12H2,1-2H3. The van der Waals surface area contributed by atoms with Crippen LogP contribution in [0.3, 0.4) is 0 Å². The minimum atomic E-state index is 0.703. The third-order valence-electron chi connectivity index (χ3n) is 4.01. The molecule has 0 unspecified atom stereocenters. The summed E-state index contributed by atoms with van der Waals surface area (Å²) in [5.41, 5.74) is 4.02. The van der Waals surface area contributed by atoms with Crippen LogP contribution in [0.4, 0.5) is 0 Å². The molecule has 0 bridgehead atoms. The number of nitrogens with zero attached hydrogens (tertiary/aromatic N) is 3. The monoisotopic (exact) mass is 351 g/mol. The molecule has 0 fully saturated rings. The van der Waals surface area contributed by atoms with E-state index in [1.54, 1.807) is 26.0 Å². The first-order chi connectivity index (χ1) is 12.3. The van der Waals surface area contributed by atoms with E-state index in [0.29, 0.717) is 11.5 Å². The van der Waals surface area contributed by atoms with Crippen LogP contribution in [0.15, 0.2) is 65.0 Å². The summed E-state index contributed by atoms with van der Waals surface area (Å²) in [4.78, 5) is 4.68. The Bertz CT molecular complexity index is 935. The average molecular weight is 351 g/mol. The number of fused-ring (bicyclic) bond motifs is 1. The van der Waals surface area contributed by atoms with Crippen LogP contribution in [0, 0.1) is 0 Å². The number of ether oxygens (including phenoxy) is 2. The van der Waals surface area contributed by atoms with Crippen LogP contribution >= 0.6 is 11.8 Å². The SMILES string of the molecule is COc1ccc(C2=Nn3cc(-c4ccccc4)nc3SC2)cc1OC. The van der Waals surface area contributed by atoms with Gasteiger partial charge in [0.25, 0.3) is 0 Å². The second-order valence-electron chi connectivity index (χ2n) is 5.52. The maximum atomic E-state index is 5.39. The fourth-order valence-corrected chi connectivity index (χ4v) is 3.60. The lowest BCUT2D eigenvalue weighted by atomic mass is 10.1. The summed E-state index contributed by atoms with van der Waals surface area (Å²) >= 11 is 1.68. The lowest BCUT2D eigenvalue weighted by molar-refractivity contribution is 0.355. The number of benzene rings is 2. The van der Waals surface area contributed by atoms with Crippen LogP contribution in [0.1, 0.15) is 5.56 Å². The lowest BCUT2D eigenvalue weighted by Gasteiger charge is -2.14. The van der Waals surface area contributed by atoms with Gasteiger partial charge in [0.1, 0.15) is 0 Å². The summed E-state index contributed by atoms with van der Waals surface area (Å²) in [6, 6.07) is 16.0. The zero-order valence-corrected chi connectivity index (χ0v) is 14.8. The van der Waals surface area contributed by atoms with Gasteiger partial charge in [-0.3, -0.25) is 0 Å². The fourth-order valence-electron chi connectivity index (χ4n) is 2.72. The Morgan fingerprint density at radius 2 is 1.76 bits per heavy atom. The van der Waals surface area contributed by atoms with Crippen LogP contribution in [-0.4, -0.2) is 35.3 Å². The lowest BCUT2D eigenvalue weighted by Crippen LogP contribution is -2.13. The van der Waals surface area contributed by atoms with Gasteiger partial charge in [0.05, 0.1) is 31.8 Å². The number of hydrogen-bond acceptors (Lipinski definition) is 5. The predicted octanol–water partition coefficient (Wildman–Crippen LogP) is 3.93. The number of thioether (sulfide) groups is 1. The van der Waals surface area contributed by atoms with E-state index in [0.717, 1.165) is 33.4 Å². The normalized spacial score (nSPS) is 13.1. The molecule has 0 atom stereocenters. The van der Waals surface area contributed by atoms with E-state index < -0.39 is 0 Å². The van der Waals surface area contributed by atoms with Crippen molar-refractivity contribution in [3.8, 4) is 22.8 Å². The fraction of sp³-hybridized carbons (Fsp3) is 0.158. The molecule has 1 aliphatic rings. The molecule has 0 aliphatic carbocycles. The molecule has 0 saturated heterocycles. The number of hydrogen-bond donors (Lipinski definition) is 0. The summed E-state index contributed by atoms with van der Waals surface area (Å²) < 4.78 is 12.5. The van der Waals surface area contributed by atoms with Crippen LogP contribution in [-0.2, 0) is 0 Å². The molecule has 4 rings (SSSR count). The van der Waals surface area contributed by atoms with Crippen LogP contribution in [0.25, 0.3) is 11.3 Å². The molecule has 3 aromatic rings. The first-order valence-electron chi connectivity index (χ1n) is 7.86. The van der Waals surface area contributed by atoms with Crippen molar-refractivity contribution in [2.45, 2.75) is 5.16 Å². The van der Waals surface area contributed by atoms with Gasteiger partial charge in [-0.15, -0.1) is 0 Å². The number of aromatic nitrogens is 2. The molecule has 2 aromatic carbocycles. The van der Waals surface area contributed by atoms with Gasteiger partial charge in [-0.25, -0.2) is 9.66 Å². The highest BCUT2D eigenvalue weighted by Crippen LogP contribution is 2.31. The topological polar surface area (TPSA) is 48.6 Å². The van der Waals surface area contributed by atoms with Gasteiger partial charge in [0, 0.05) is 16.9 Å². The summed E-state index contributed by atoms with van der Waals surface area (Å²) in [7, 11) is 3.27. The second kappa shape index (κ2) is 6.64. The van der Waals surface area contributed by atoms with Gasteiger partial charge in [-0.2, -0.15) is 5.10 Å². The molecule has 1 aromatic heterocycles. The second-order valence-corrected chi connectivity index (χ2v) is 6.47. The van der Waals surface area contributed by atoms with Gasteiger partial charge in [-0.05, 0) is 18.2 Å². The van der Waals surface area contributed by atoms with Crippen molar-refractivity contribution in [3.05, 3.63) is 60.3 Å². The Morgan fingerprint density at radius 1 is 0.960 bits per heavy atom. The van der Waals surface area contributed by atoms with Crippen molar-refractivity contribution in [2.75, 3.05) is 20.0 Å². The number of rotatable bonds is 4. The Hall–Kier alpha value is -2.73. The van der Waals surface area contributed by atoms with Gasteiger partial charge in [-0.1, -0.05) is 42.1 Å². The molecule has 0 saturated carbocycles. The Balaban J connectivity index is 1.69. The summed E-state index contributed by atoms with van der Waals surface area (Å²) in [5.74, 6) is 2.18. The predicted molar refractivity (Wildman–Crippen MR) is 99.9 cm³/mol. The molecule has 0 amide bonds. The van der Waals surface area contributed by atoms with Crippen LogP contribution in [0.2, 0.25) is 0 Å². The van der Waals surface area contributed by atoms with Crippen LogP contribution < -0.4 is 9.47 Å². The first-order valence-corrected chi connectivity index (χ1v) is 8.85. The van der Waals surface area contributed by atoms with Crippen molar-refractivity contribution >= 4 is 17.5 Å². The molecule has 0 radical (unpaired) electrons. The van der Waals surface area contributed by atoms with Gasteiger partial charge < -0.3 is 9.47 Å². The zero-order valence-electron chi connectivity index (χ0n) is 14.0. The first kappa shape index (κ1) is 15.8. The van der Waals surface area contributed by atoms with Crippen molar-refractivity contribution in [2.24, 2.45) is 5.10 Å². The van der Waals surface area contributed by atoms with Crippen molar-refractivity contribution < 1.29 is 9.47 Å². The highest BCUT2D eigenvalue weighted by atomic mass is 32.2. The maximum Gasteiger partial charge on any atom is 0.189 e. The minimum Gasteiger partial charge on any atom is -0.493 e. The molecule has 5 nitrogen and oxygen atoms in total. The Kier molecular flexibility index (Phi) is 4.19. The van der Waals surface area contributed by atoms with E-state index in [1.807, 2.05) is 47.3 Å². The molecule has 0 spiro atoms. The van der Waals surface area contributed by atoms with Crippen molar-refractivity contribution in [3.63, 3.8) is 0 Å². The van der Waals surface area contributed by atoms with E-state index in [4.69, 9.17) is 14.6 Å². The molecule has 0 N–H and O–H groups in total. The third-order valence-corrected chi connectivity index (χ3v) is 4.96. The molecule has 1 aliphatic heterocycles. The van der Waals surface area contributed by atoms with E-state index in [2.05, 4.69) is 17.1 Å². The van der Waals surface area contributed by atoms with Crippen LogP contribution in [0.5, 0.6) is 11.5 Å². The van der Waals surface area contributed by atoms with E-state index in [-0.39, 0.29) is 0 Å². The molecular weight excluding hydrogens is 334 g/mol. The van der Waals surface area contributed by atoms with Gasteiger partial charge >= 0.3 is 0 Å². The van der Waals surface area contributed by atoms with Gasteiger partial charge in [0.15, 0.2) is 16.7 Å². The Labute approximate surface area is 150 Å². The maximum absolute atomic E-state index is 5.39. The van der Waals surface area contributed by atoms with Gasteiger partial charge in [0.2, 0.25) is 0 Å². The minimum absolute atomic E-state index is 0.703. The smallest absolute Gasteiger partial charge is 0.189 e. The summed E-state index contributed by atoms with van der Waals surface area (Å²) in [6.45, 7) is 0. The summed E-state index contributed by atoms with van der Waals surface area (Å²) in [6.07, 6.45) is 1.97. The average Bonchev–Trinajstić information content (AvgIpc) is 3.11. The molecular formula is C19H17N3O2S. The molecule has 2 heterocycles. The largest absolute Gasteiger partial charge is 0.493 e. The van der Waals surface area contributed by atoms with E-state index >= 15 is 0 Å².